The summed E-state index contributed by atoms with van der Waals surface area (Å²) in [7, 11) is 0. The van der Waals surface area contributed by atoms with Gasteiger partial charge in [0.15, 0.2) is 0 Å². The van der Waals surface area contributed by atoms with Crippen molar-refractivity contribution in [2.24, 2.45) is 0 Å². The highest BCUT2D eigenvalue weighted by molar-refractivity contribution is 6.08. The van der Waals surface area contributed by atoms with Crippen molar-refractivity contribution in [2.45, 2.75) is 0 Å². The summed E-state index contributed by atoms with van der Waals surface area (Å²) in [5.74, 6) is -1.65. The highest BCUT2D eigenvalue weighted by Gasteiger charge is 2.17. The molecule has 0 aliphatic heterocycles. The Morgan fingerprint density at radius 3 is 2.70 bits per heavy atom. The summed E-state index contributed by atoms with van der Waals surface area (Å²) >= 11 is 0. The number of para-hydroxylation sites is 1. The van der Waals surface area contributed by atoms with Crippen molar-refractivity contribution in [3.05, 3.63) is 76.2 Å². The summed E-state index contributed by atoms with van der Waals surface area (Å²) in [6, 6.07) is 11.7. The van der Waals surface area contributed by atoms with Gasteiger partial charge in [0.1, 0.15) is 5.82 Å². The van der Waals surface area contributed by atoms with E-state index in [2.05, 4.69) is 10.3 Å². The molecular formula is C16H10FN3O3. The number of aromatic nitrogens is 1. The fourth-order valence-corrected chi connectivity index (χ4v) is 2.20. The van der Waals surface area contributed by atoms with Crippen LogP contribution in [0.5, 0.6) is 0 Å². The average molecular weight is 311 g/mol. The van der Waals surface area contributed by atoms with Crippen LogP contribution in [0.4, 0.5) is 15.8 Å². The Bertz CT molecular complexity index is 922. The lowest BCUT2D eigenvalue weighted by molar-refractivity contribution is -0.385. The summed E-state index contributed by atoms with van der Waals surface area (Å²) < 4.78 is 13.9. The molecular weight excluding hydrogens is 301 g/mol. The molecule has 1 heterocycles. The van der Waals surface area contributed by atoms with Gasteiger partial charge in [-0.2, -0.15) is 0 Å². The molecule has 0 fully saturated rings. The van der Waals surface area contributed by atoms with Crippen LogP contribution < -0.4 is 5.32 Å². The van der Waals surface area contributed by atoms with Crippen LogP contribution in [-0.2, 0) is 0 Å². The smallest absolute Gasteiger partial charge is 0.272 e. The molecule has 0 bridgehead atoms. The van der Waals surface area contributed by atoms with Gasteiger partial charge in [-0.1, -0.05) is 18.2 Å². The predicted octanol–water partition coefficient (Wildman–Crippen LogP) is 3.53. The second-order valence-electron chi connectivity index (χ2n) is 4.76. The molecule has 0 saturated carbocycles. The zero-order valence-corrected chi connectivity index (χ0v) is 11.7. The number of nitro benzene ring substituents is 1. The lowest BCUT2D eigenvalue weighted by Crippen LogP contribution is -2.14. The molecule has 1 aromatic heterocycles. The Kier molecular flexibility index (Phi) is 3.68. The fraction of sp³-hybridized carbons (Fsp3) is 0. The number of carbonyl (C=O) groups excluding carboxylic acids is 1. The van der Waals surface area contributed by atoms with Crippen molar-refractivity contribution in [1.29, 1.82) is 0 Å². The molecule has 0 spiro atoms. The van der Waals surface area contributed by atoms with E-state index in [1.165, 1.54) is 0 Å². The SMILES string of the molecule is O=C(Nc1cccc2cccnc12)c1ccc([N+](=O)[O-])cc1F. The number of halogens is 1. The number of fused-ring (bicyclic) bond motifs is 1. The van der Waals surface area contributed by atoms with Crippen LogP contribution >= 0.6 is 0 Å². The number of amides is 1. The number of benzene rings is 2. The number of nitrogens with zero attached hydrogens (tertiary/aromatic N) is 2. The molecule has 0 aliphatic rings. The Balaban J connectivity index is 1.94. The summed E-state index contributed by atoms with van der Waals surface area (Å²) in [5, 5.41) is 14.0. The molecule has 0 radical (unpaired) electrons. The molecule has 0 saturated heterocycles. The Hall–Kier alpha value is -3.35. The maximum absolute atomic E-state index is 13.9. The van der Waals surface area contributed by atoms with Crippen LogP contribution in [0.2, 0.25) is 0 Å². The van der Waals surface area contributed by atoms with Gasteiger partial charge in [-0.05, 0) is 18.2 Å². The average Bonchev–Trinajstić information content (AvgIpc) is 2.55. The molecule has 3 aromatic rings. The summed E-state index contributed by atoms with van der Waals surface area (Å²) in [4.78, 5) is 26.3. The molecule has 0 atom stereocenters. The van der Waals surface area contributed by atoms with E-state index in [-0.39, 0.29) is 5.56 Å². The standard InChI is InChI=1S/C16H10FN3O3/c17-13-9-11(20(22)23)6-7-12(13)16(21)19-14-5-1-3-10-4-2-8-18-15(10)14/h1-9H,(H,19,21). The van der Waals surface area contributed by atoms with Crippen LogP contribution in [0.1, 0.15) is 10.4 Å². The fourth-order valence-electron chi connectivity index (χ4n) is 2.20. The van der Waals surface area contributed by atoms with Crippen molar-refractivity contribution in [3.63, 3.8) is 0 Å². The minimum Gasteiger partial charge on any atom is -0.320 e. The minimum atomic E-state index is -0.954. The minimum absolute atomic E-state index is 0.275. The third kappa shape index (κ3) is 2.84. The number of anilines is 1. The number of hydrogen-bond acceptors (Lipinski definition) is 4. The Morgan fingerprint density at radius 1 is 1.17 bits per heavy atom. The monoisotopic (exact) mass is 311 g/mol. The number of nitro groups is 1. The molecule has 114 valence electrons. The molecule has 0 unspecified atom stereocenters. The molecule has 7 heteroatoms. The highest BCUT2D eigenvalue weighted by atomic mass is 19.1. The second kappa shape index (κ2) is 5.80. The van der Waals surface area contributed by atoms with Gasteiger partial charge in [-0.15, -0.1) is 0 Å². The zero-order chi connectivity index (χ0) is 16.4. The number of non-ortho nitro benzene ring substituents is 1. The Labute approximate surface area is 129 Å². The van der Waals surface area contributed by atoms with Gasteiger partial charge < -0.3 is 5.32 Å². The quantitative estimate of drug-likeness (QED) is 0.592. The first kappa shape index (κ1) is 14.6. The predicted molar refractivity (Wildman–Crippen MR) is 82.8 cm³/mol. The first-order valence-electron chi connectivity index (χ1n) is 6.65. The van der Waals surface area contributed by atoms with Gasteiger partial charge in [0.2, 0.25) is 0 Å². The lowest BCUT2D eigenvalue weighted by atomic mass is 10.1. The molecule has 0 aliphatic carbocycles. The molecule has 6 nitrogen and oxygen atoms in total. The van der Waals surface area contributed by atoms with Crippen molar-refractivity contribution >= 4 is 28.2 Å². The Morgan fingerprint density at radius 2 is 1.96 bits per heavy atom. The number of pyridine rings is 1. The van der Waals surface area contributed by atoms with Crippen molar-refractivity contribution in [1.82, 2.24) is 4.98 Å². The van der Waals surface area contributed by atoms with Crippen LogP contribution in [0.15, 0.2) is 54.7 Å². The van der Waals surface area contributed by atoms with E-state index >= 15 is 0 Å². The van der Waals surface area contributed by atoms with E-state index in [1.807, 2.05) is 12.1 Å². The van der Waals surface area contributed by atoms with Crippen LogP contribution in [-0.4, -0.2) is 15.8 Å². The van der Waals surface area contributed by atoms with Gasteiger partial charge in [0.05, 0.1) is 27.8 Å². The summed E-state index contributed by atoms with van der Waals surface area (Å²) in [5.41, 5.74) is 0.325. The lowest BCUT2D eigenvalue weighted by Gasteiger charge is -2.08. The van der Waals surface area contributed by atoms with Crippen LogP contribution in [0.3, 0.4) is 0 Å². The van der Waals surface area contributed by atoms with E-state index in [4.69, 9.17) is 0 Å². The maximum atomic E-state index is 13.9. The van der Waals surface area contributed by atoms with Gasteiger partial charge in [-0.25, -0.2) is 4.39 Å². The van der Waals surface area contributed by atoms with E-state index in [0.717, 1.165) is 23.6 Å². The van der Waals surface area contributed by atoms with Crippen molar-refractivity contribution in [2.75, 3.05) is 5.32 Å². The van der Waals surface area contributed by atoms with Crippen molar-refractivity contribution < 1.29 is 14.1 Å². The van der Waals surface area contributed by atoms with E-state index in [1.54, 1.807) is 24.4 Å². The third-order valence-corrected chi connectivity index (χ3v) is 3.29. The van der Waals surface area contributed by atoms with Gasteiger partial charge in [0.25, 0.3) is 11.6 Å². The molecule has 2 aromatic carbocycles. The van der Waals surface area contributed by atoms with Gasteiger partial charge in [-0.3, -0.25) is 19.9 Å². The van der Waals surface area contributed by atoms with Crippen LogP contribution in [0, 0.1) is 15.9 Å². The first-order valence-corrected chi connectivity index (χ1v) is 6.65. The van der Waals surface area contributed by atoms with Gasteiger partial charge >= 0.3 is 0 Å². The largest absolute Gasteiger partial charge is 0.320 e. The molecule has 1 N–H and O–H groups in total. The first-order chi connectivity index (χ1) is 11.1. The normalized spacial score (nSPS) is 10.5. The maximum Gasteiger partial charge on any atom is 0.272 e. The summed E-state index contributed by atoms with van der Waals surface area (Å²) in [6.07, 6.45) is 1.59. The highest BCUT2D eigenvalue weighted by Crippen LogP contribution is 2.22. The number of hydrogen-bond donors (Lipinski definition) is 1. The van der Waals surface area contributed by atoms with Gasteiger partial charge in [0, 0.05) is 17.6 Å². The van der Waals surface area contributed by atoms with Crippen molar-refractivity contribution in [3.8, 4) is 0 Å². The second-order valence-corrected chi connectivity index (χ2v) is 4.76. The van der Waals surface area contributed by atoms with E-state index in [9.17, 15) is 19.3 Å². The zero-order valence-electron chi connectivity index (χ0n) is 11.7. The molecule has 23 heavy (non-hydrogen) atoms. The molecule has 1 amide bonds. The van der Waals surface area contributed by atoms with Crippen LogP contribution in [0.25, 0.3) is 10.9 Å². The van der Waals surface area contributed by atoms with E-state index in [0.29, 0.717) is 11.2 Å². The van der Waals surface area contributed by atoms with E-state index < -0.39 is 22.3 Å². The number of carbonyl (C=O) groups is 1. The third-order valence-electron chi connectivity index (χ3n) is 3.29. The number of nitrogens with one attached hydrogen (secondary N) is 1. The summed E-state index contributed by atoms with van der Waals surface area (Å²) in [6.45, 7) is 0. The topological polar surface area (TPSA) is 85.1 Å². The number of rotatable bonds is 3. The molecule has 3 rings (SSSR count).